The van der Waals surface area contributed by atoms with Crippen molar-refractivity contribution in [3.05, 3.63) is 0 Å². The first-order chi connectivity index (χ1) is 10.3. The minimum atomic E-state index is -0.447. The minimum absolute atomic E-state index is 0.0170. The lowest BCUT2D eigenvalue weighted by Crippen LogP contribution is -2.24. The van der Waals surface area contributed by atoms with Gasteiger partial charge in [-0.05, 0) is 34.1 Å². The molecule has 6 nitrogen and oxygen atoms in total. The molecule has 0 aliphatic heterocycles. The Labute approximate surface area is 135 Å². The first kappa shape index (κ1) is 24.0. The summed E-state index contributed by atoms with van der Waals surface area (Å²) in [7, 11) is 0. The molecule has 0 amide bonds. The van der Waals surface area contributed by atoms with E-state index in [-0.39, 0.29) is 24.9 Å². The highest BCUT2D eigenvalue weighted by atomic mass is 16.5. The average Bonchev–Trinajstić information content (AvgIpc) is 2.47. The van der Waals surface area contributed by atoms with Gasteiger partial charge in [0.15, 0.2) is 0 Å². The molecular weight excluding hydrogens is 288 g/mol. The monoisotopic (exact) mass is 324 g/mol. The van der Waals surface area contributed by atoms with E-state index in [1.165, 1.54) is 0 Å². The number of unbranched alkanes of at least 4 members (excludes halogenated alkanes) is 1. The third-order valence-electron chi connectivity index (χ3n) is 2.50. The summed E-state index contributed by atoms with van der Waals surface area (Å²) in [4.78, 5) is 0. The lowest BCUT2D eigenvalue weighted by Gasteiger charge is -2.16. The van der Waals surface area contributed by atoms with Crippen LogP contribution in [0.15, 0.2) is 0 Å². The molecule has 0 radical (unpaired) electrons. The van der Waals surface area contributed by atoms with Gasteiger partial charge in [-0.15, -0.1) is 0 Å². The smallest absolute Gasteiger partial charge is 0.0781 e. The molecule has 0 heterocycles. The van der Waals surface area contributed by atoms with Crippen LogP contribution in [-0.4, -0.2) is 72.8 Å². The highest BCUT2D eigenvalue weighted by Gasteiger charge is 2.07. The van der Waals surface area contributed by atoms with Crippen LogP contribution in [0.5, 0.6) is 0 Å². The molecule has 0 rings (SSSR count). The molecule has 0 aromatic rings. The van der Waals surface area contributed by atoms with E-state index in [2.05, 4.69) is 6.92 Å². The SMILES string of the molecule is CC(O)COC(C)COC(C)CO.CCCCOCC(C)O. The standard InChI is InChI=1S/C9H20O4.C7H16O2/c1-7(11)5-12-9(3)6-13-8(2)4-10;1-3-4-5-9-6-7(2)8/h7-11H,4-6H2,1-3H3;7-8H,3-6H2,1-2H3. The molecule has 136 valence electrons. The van der Waals surface area contributed by atoms with Gasteiger partial charge in [-0.3, -0.25) is 0 Å². The van der Waals surface area contributed by atoms with Crippen molar-refractivity contribution >= 4 is 0 Å². The van der Waals surface area contributed by atoms with Crippen LogP contribution in [0.3, 0.4) is 0 Å². The molecule has 0 spiro atoms. The number of aliphatic hydroxyl groups is 3. The average molecular weight is 324 g/mol. The Hall–Kier alpha value is -0.240. The van der Waals surface area contributed by atoms with Crippen LogP contribution in [-0.2, 0) is 14.2 Å². The number of hydrogen-bond acceptors (Lipinski definition) is 6. The molecule has 0 aliphatic carbocycles. The van der Waals surface area contributed by atoms with Gasteiger partial charge in [0, 0.05) is 6.61 Å². The normalized spacial score (nSPS) is 16.4. The highest BCUT2D eigenvalue weighted by molar-refractivity contribution is 4.52. The van der Waals surface area contributed by atoms with Crippen LogP contribution in [0.2, 0.25) is 0 Å². The number of hydrogen-bond donors (Lipinski definition) is 3. The first-order valence-corrected chi connectivity index (χ1v) is 8.11. The molecular formula is C16H36O6. The maximum Gasteiger partial charge on any atom is 0.0781 e. The molecule has 22 heavy (non-hydrogen) atoms. The minimum Gasteiger partial charge on any atom is -0.394 e. The topological polar surface area (TPSA) is 88.4 Å². The number of aliphatic hydroxyl groups excluding tert-OH is 3. The van der Waals surface area contributed by atoms with Gasteiger partial charge in [-0.1, -0.05) is 13.3 Å². The second-order valence-corrected chi connectivity index (χ2v) is 5.60. The van der Waals surface area contributed by atoms with Crippen molar-refractivity contribution in [3.63, 3.8) is 0 Å². The van der Waals surface area contributed by atoms with Gasteiger partial charge in [0.2, 0.25) is 0 Å². The van der Waals surface area contributed by atoms with Crippen molar-refractivity contribution < 1.29 is 29.5 Å². The fourth-order valence-corrected chi connectivity index (χ4v) is 1.20. The zero-order valence-electron chi connectivity index (χ0n) is 14.8. The van der Waals surface area contributed by atoms with Gasteiger partial charge in [-0.2, -0.15) is 0 Å². The molecule has 0 saturated carbocycles. The van der Waals surface area contributed by atoms with E-state index in [1.54, 1.807) is 20.8 Å². The van der Waals surface area contributed by atoms with Crippen LogP contribution in [0.1, 0.15) is 47.5 Å². The zero-order chi connectivity index (χ0) is 17.4. The molecule has 0 bridgehead atoms. The summed E-state index contributed by atoms with van der Waals surface area (Å²) in [5.41, 5.74) is 0. The van der Waals surface area contributed by atoms with Gasteiger partial charge in [0.1, 0.15) is 0 Å². The second-order valence-electron chi connectivity index (χ2n) is 5.60. The third-order valence-corrected chi connectivity index (χ3v) is 2.50. The Bertz CT molecular complexity index is 211. The lowest BCUT2D eigenvalue weighted by molar-refractivity contribution is -0.0620. The highest BCUT2D eigenvalue weighted by Crippen LogP contribution is 1.97. The summed E-state index contributed by atoms with van der Waals surface area (Å²) in [6.07, 6.45) is 1.27. The fourth-order valence-electron chi connectivity index (χ4n) is 1.20. The molecule has 4 unspecified atom stereocenters. The largest absolute Gasteiger partial charge is 0.394 e. The van der Waals surface area contributed by atoms with Crippen molar-refractivity contribution in [1.82, 2.24) is 0 Å². The van der Waals surface area contributed by atoms with Crippen LogP contribution in [0, 0.1) is 0 Å². The van der Waals surface area contributed by atoms with Gasteiger partial charge < -0.3 is 29.5 Å². The Kier molecular flexibility index (Phi) is 18.7. The van der Waals surface area contributed by atoms with Crippen LogP contribution < -0.4 is 0 Å². The molecule has 0 aliphatic rings. The van der Waals surface area contributed by atoms with Crippen molar-refractivity contribution in [2.75, 3.05) is 33.0 Å². The first-order valence-electron chi connectivity index (χ1n) is 8.11. The van der Waals surface area contributed by atoms with Crippen LogP contribution in [0.4, 0.5) is 0 Å². The Balaban J connectivity index is 0. The van der Waals surface area contributed by atoms with E-state index in [4.69, 9.17) is 29.5 Å². The quantitative estimate of drug-likeness (QED) is 0.470. The Morgan fingerprint density at radius 3 is 1.82 bits per heavy atom. The van der Waals surface area contributed by atoms with E-state index < -0.39 is 6.10 Å². The van der Waals surface area contributed by atoms with Crippen LogP contribution in [0.25, 0.3) is 0 Å². The maximum atomic E-state index is 8.92. The maximum absolute atomic E-state index is 8.92. The van der Waals surface area contributed by atoms with E-state index >= 15 is 0 Å². The fraction of sp³-hybridized carbons (Fsp3) is 1.00. The Morgan fingerprint density at radius 2 is 1.36 bits per heavy atom. The summed E-state index contributed by atoms with van der Waals surface area (Å²) in [6, 6.07) is 0. The zero-order valence-corrected chi connectivity index (χ0v) is 14.8. The van der Waals surface area contributed by atoms with Crippen molar-refractivity contribution in [3.8, 4) is 0 Å². The summed E-state index contributed by atoms with van der Waals surface area (Å²) in [5.74, 6) is 0. The van der Waals surface area contributed by atoms with Gasteiger partial charge in [0.25, 0.3) is 0 Å². The number of rotatable bonds is 12. The van der Waals surface area contributed by atoms with Gasteiger partial charge in [0.05, 0.1) is 50.8 Å². The van der Waals surface area contributed by atoms with Crippen molar-refractivity contribution in [1.29, 1.82) is 0 Å². The molecule has 0 fully saturated rings. The molecule has 0 aromatic heterocycles. The van der Waals surface area contributed by atoms with Crippen LogP contribution >= 0.6 is 0 Å². The predicted octanol–water partition coefficient (Wildman–Crippen LogP) is 1.35. The third kappa shape index (κ3) is 22.0. The molecule has 6 heteroatoms. The van der Waals surface area contributed by atoms with E-state index in [0.29, 0.717) is 19.8 Å². The van der Waals surface area contributed by atoms with Crippen molar-refractivity contribution in [2.45, 2.75) is 71.9 Å². The summed E-state index contributed by atoms with van der Waals surface area (Å²) < 4.78 is 15.6. The summed E-state index contributed by atoms with van der Waals surface area (Å²) >= 11 is 0. The molecule has 0 aromatic carbocycles. The van der Waals surface area contributed by atoms with E-state index in [0.717, 1.165) is 19.4 Å². The summed E-state index contributed by atoms with van der Waals surface area (Å²) in [5, 5.41) is 26.3. The second kappa shape index (κ2) is 17.1. The summed E-state index contributed by atoms with van der Waals surface area (Å²) in [6.45, 7) is 11.2. The van der Waals surface area contributed by atoms with Crippen molar-refractivity contribution in [2.24, 2.45) is 0 Å². The number of ether oxygens (including phenoxy) is 3. The lowest BCUT2D eigenvalue weighted by atomic mass is 10.4. The van der Waals surface area contributed by atoms with Gasteiger partial charge in [-0.25, -0.2) is 0 Å². The Morgan fingerprint density at radius 1 is 0.818 bits per heavy atom. The van der Waals surface area contributed by atoms with Gasteiger partial charge >= 0.3 is 0 Å². The molecule has 0 saturated heterocycles. The van der Waals surface area contributed by atoms with E-state index in [9.17, 15) is 0 Å². The predicted molar refractivity (Wildman–Crippen MR) is 87.0 cm³/mol. The van der Waals surface area contributed by atoms with E-state index in [1.807, 2.05) is 6.92 Å². The molecule has 3 N–H and O–H groups in total. The molecule has 4 atom stereocenters.